The van der Waals surface area contributed by atoms with E-state index in [1.165, 1.54) is 0 Å². The molecule has 0 fully saturated rings. The molecular formula is C4H11O4Ti. The van der Waals surface area contributed by atoms with Crippen LogP contribution in [-0.4, -0.2) is 20.2 Å². The van der Waals surface area contributed by atoms with E-state index in [9.17, 15) is 0 Å². The summed E-state index contributed by atoms with van der Waals surface area (Å²) < 4.78 is 15.8. The molecule has 0 saturated heterocycles. The zero-order chi connectivity index (χ0) is 7.70. The molecule has 0 aromatic carbocycles. The van der Waals surface area contributed by atoms with Crippen LogP contribution in [0.25, 0.3) is 0 Å². The second-order valence-electron chi connectivity index (χ2n) is 1.36. The summed E-state index contributed by atoms with van der Waals surface area (Å²) in [5.41, 5.74) is 0. The first-order valence-corrected chi connectivity index (χ1v) is 3.90. The normalized spacial score (nSPS) is 7.67. The van der Waals surface area contributed by atoms with E-state index in [0.717, 1.165) is 6.42 Å². The summed E-state index contributed by atoms with van der Waals surface area (Å²) in [6.07, 6.45) is 0.215. The monoisotopic (exact) mass is 171 g/mol. The van der Waals surface area contributed by atoms with Crippen LogP contribution < -0.4 is 0 Å². The molecule has 3 N–H and O–H groups in total. The van der Waals surface area contributed by atoms with E-state index in [2.05, 4.69) is 0 Å². The quantitative estimate of drug-likeness (QED) is 0.383. The summed E-state index contributed by atoms with van der Waals surface area (Å²) >= 11 is -1.75. The van der Waals surface area contributed by atoms with E-state index in [4.69, 9.17) is 17.2 Å². The zero-order valence-corrected chi connectivity index (χ0v) is 6.80. The fraction of sp³-hybridized carbons (Fsp3) is 1.00. The van der Waals surface area contributed by atoms with Gasteiger partial charge in [0.05, 0.1) is 0 Å². The molecule has 0 saturated carbocycles. The fourth-order valence-corrected chi connectivity index (χ4v) is 0.258. The number of aliphatic hydroxyl groups is 2. The van der Waals surface area contributed by atoms with Crippen molar-refractivity contribution in [3.8, 4) is 0 Å². The number of hydrogen-bond donors (Lipinski definition) is 3. The molecule has 55 valence electrons. The molecule has 0 atom stereocenters. The SMILES string of the molecule is CCCC(O)O.[O]=[Ti][OH]. The summed E-state index contributed by atoms with van der Waals surface area (Å²) in [4.78, 5) is 0. The fourth-order valence-electron chi connectivity index (χ4n) is 0.258. The number of rotatable bonds is 2. The van der Waals surface area contributed by atoms with Gasteiger partial charge in [0, 0.05) is 0 Å². The molecule has 0 aliphatic heterocycles. The molecule has 0 aliphatic carbocycles. The molecule has 0 aromatic heterocycles. The van der Waals surface area contributed by atoms with E-state index >= 15 is 0 Å². The predicted molar refractivity (Wildman–Crippen MR) is 26.0 cm³/mol. The van der Waals surface area contributed by atoms with Crippen LogP contribution >= 0.6 is 0 Å². The summed E-state index contributed by atoms with van der Waals surface area (Å²) in [7, 11) is 0. The Labute approximate surface area is 63.2 Å². The molecule has 0 aliphatic rings. The van der Waals surface area contributed by atoms with Gasteiger partial charge < -0.3 is 10.2 Å². The molecule has 4 nitrogen and oxygen atoms in total. The number of aliphatic hydroxyl groups excluding tert-OH is 1. The molecule has 0 heterocycles. The summed E-state index contributed by atoms with van der Waals surface area (Å²) in [5.74, 6) is 0. The first kappa shape index (κ1) is 12.1. The van der Waals surface area contributed by atoms with Gasteiger partial charge in [0.25, 0.3) is 0 Å². The van der Waals surface area contributed by atoms with Crippen LogP contribution in [0.15, 0.2) is 0 Å². The first-order chi connectivity index (χ1) is 4.18. The molecule has 5 heteroatoms. The second kappa shape index (κ2) is 11.2. The molecule has 0 bridgehead atoms. The van der Waals surface area contributed by atoms with Crippen molar-refractivity contribution < 1.29 is 36.7 Å². The van der Waals surface area contributed by atoms with E-state index in [0.29, 0.717) is 6.42 Å². The predicted octanol–water partition coefficient (Wildman–Crippen LogP) is -0.581. The molecule has 0 rings (SSSR count). The van der Waals surface area contributed by atoms with Gasteiger partial charge in [0.2, 0.25) is 0 Å². The Morgan fingerprint density at radius 2 is 1.89 bits per heavy atom. The Morgan fingerprint density at radius 1 is 1.56 bits per heavy atom. The van der Waals surface area contributed by atoms with Crippen molar-refractivity contribution in [2.75, 3.05) is 0 Å². The van der Waals surface area contributed by atoms with Crippen molar-refractivity contribution in [1.82, 2.24) is 0 Å². The van der Waals surface area contributed by atoms with E-state index in [1.54, 1.807) is 0 Å². The van der Waals surface area contributed by atoms with Crippen LogP contribution in [0.5, 0.6) is 0 Å². The molecule has 0 aromatic rings. The average Bonchev–Trinajstić information content (AvgIpc) is 1.67. The average molecular weight is 171 g/mol. The maximum absolute atomic E-state index is 8.61. The molecule has 9 heavy (non-hydrogen) atoms. The molecule has 0 unspecified atom stereocenters. The van der Waals surface area contributed by atoms with E-state index in [-0.39, 0.29) is 0 Å². The minimum absolute atomic E-state index is 0.486. The second-order valence-corrected chi connectivity index (χ2v) is 1.65. The molecule has 0 radical (unpaired) electrons. The van der Waals surface area contributed by atoms with Crippen LogP contribution in [0.2, 0.25) is 0 Å². The zero-order valence-electron chi connectivity index (χ0n) is 5.24. The van der Waals surface area contributed by atoms with Gasteiger partial charge in [0.1, 0.15) is 0 Å². The van der Waals surface area contributed by atoms with Gasteiger partial charge in [-0.3, -0.25) is 0 Å². The van der Waals surface area contributed by atoms with Crippen molar-refractivity contribution in [2.45, 2.75) is 26.1 Å². The maximum atomic E-state index is 8.61. The van der Waals surface area contributed by atoms with Crippen molar-refractivity contribution in [3.05, 3.63) is 0 Å². The van der Waals surface area contributed by atoms with Gasteiger partial charge in [-0.25, -0.2) is 0 Å². The minimum atomic E-state index is -1.75. The van der Waals surface area contributed by atoms with Crippen LogP contribution in [0, 0.1) is 0 Å². The van der Waals surface area contributed by atoms with Gasteiger partial charge in [-0.05, 0) is 6.42 Å². The van der Waals surface area contributed by atoms with Crippen molar-refractivity contribution in [1.29, 1.82) is 0 Å². The standard InChI is InChI=1S/C4H10O2.H2O.O.Ti/c1-2-3-4(5)6;;;/h4-6H,2-3H2,1H3;1H2;;/q;;;+1/p-1. The summed E-state index contributed by atoms with van der Waals surface area (Å²) in [5, 5.41) is 16.2. The van der Waals surface area contributed by atoms with Crippen LogP contribution in [-0.2, 0) is 22.8 Å². The van der Waals surface area contributed by atoms with Crippen LogP contribution in [0.1, 0.15) is 19.8 Å². The van der Waals surface area contributed by atoms with E-state index in [1.807, 2.05) is 6.92 Å². The van der Waals surface area contributed by atoms with Gasteiger partial charge in [-0.15, -0.1) is 0 Å². The van der Waals surface area contributed by atoms with E-state index < -0.39 is 25.8 Å². The van der Waals surface area contributed by atoms with Crippen molar-refractivity contribution in [3.63, 3.8) is 0 Å². The summed E-state index contributed by atoms with van der Waals surface area (Å²) in [6, 6.07) is 0. The van der Waals surface area contributed by atoms with Gasteiger partial charge >= 0.3 is 26.5 Å². The Kier molecular flexibility index (Phi) is 15.1. The van der Waals surface area contributed by atoms with Crippen LogP contribution in [0.4, 0.5) is 0 Å². The topological polar surface area (TPSA) is 77.8 Å². The first-order valence-electron chi connectivity index (χ1n) is 2.56. The molecular weight excluding hydrogens is 160 g/mol. The third-order valence-electron chi connectivity index (χ3n) is 0.547. The van der Waals surface area contributed by atoms with Gasteiger partial charge in [0.15, 0.2) is 6.29 Å². The Morgan fingerprint density at radius 3 is 1.89 bits per heavy atom. The van der Waals surface area contributed by atoms with Crippen LogP contribution in [0.3, 0.4) is 0 Å². The number of hydrogen-bond acceptors (Lipinski definition) is 3. The third-order valence-corrected chi connectivity index (χ3v) is 0.547. The third kappa shape index (κ3) is 29.8. The van der Waals surface area contributed by atoms with Gasteiger partial charge in [-0.2, -0.15) is 0 Å². The van der Waals surface area contributed by atoms with Crippen molar-refractivity contribution in [2.24, 2.45) is 0 Å². The Balaban J connectivity index is 0. The Hall–Kier alpha value is 0.394. The summed E-state index contributed by atoms with van der Waals surface area (Å²) in [6.45, 7) is 1.90. The molecule has 0 amide bonds. The van der Waals surface area contributed by atoms with Gasteiger partial charge in [-0.1, -0.05) is 13.3 Å². The Bertz CT molecular complexity index is 56.5. The molecule has 0 spiro atoms. The van der Waals surface area contributed by atoms with Crippen molar-refractivity contribution >= 4 is 0 Å².